The van der Waals surface area contributed by atoms with Crippen LogP contribution in [-0.4, -0.2) is 11.9 Å². The van der Waals surface area contributed by atoms with Crippen molar-refractivity contribution in [1.29, 1.82) is 0 Å². The van der Waals surface area contributed by atoms with E-state index in [0.29, 0.717) is 12.8 Å². The number of allylic oxidation sites excluding steroid dienone is 6. The summed E-state index contributed by atoms with van der Waals surface area (Å²) in [5, 5.41) is 21.0. The maximum Gasteiger partial charge on any atom is 2.00 e. The van der Waals surface area contributed by atoms with Gasteiger partial charge in [-0.15, -0.1) is 0 Å². The van der Waals surface area contributed by atoms with E-state index in [1.54, 1.807) is 38.2 Å². The van der Waals surface area contributed by atoms with Gasteiger partial charge in [0.2, 0.25) is 0 Å². The fourth-order valence-electron chi connectivity index (χ4n) is 1.76. The molecule has 0 heterocycles. The smallest absolute Gasteiger partial charge is 0.549 e. The van der Waals surface area contributed by atoms with Crippen LogP contribution in [0.4, 0.5) is 0 Å². The van der Waals surface area contributed by atoms with Crippen LogP contribution in [-0.2, 0) is 26.7 Å². The number of hydrogen-bond acceptors (Lipinski definition) is 4. The van der Waals surface area contributed by atoms with E-state index in [1.165, 1.54) is 0 Å². The summed E-state index contributed by atoms with van der Waals surface area (Å²) >= 11 is 0. The molecule has 0 amide bonds. The molecule has 2 atom stereocenters. The van der Waals surface area contributed by atoms with E-state index < -0.39 is 22.8 Å². The summed E-state index contributed by atoms with van der Waals surface area (Å²) in [6.07, 6.45) is 15.2. The molecule has 0 fully saturated rings. The third-order valence-corrected chi connectivity index (χ3v) is 3.44. The van der Waals surface area contributed by atoms with Crippen LogP contribution >= 0.6 is 0 Å². The van der Waals surface area contributed by atoms with Crippen molar-refractivity contribution in [1.82, 2.24) is 0 Å². The zero-order valence-electron chi connectivity index (χ0n) is 12.0. The van der Waals surface area contributed by atoms with Gasteiger partial charge in [-0.3, -0.25) is 0 Å². The first-order valence-electron chi connectivity index (χ1n) is 6.42. The Labute approximate surface area is 135 Å². The van der Waals surface area contributed by atoms with Gasteiger partial charge < -0.3 is 19.8 Å². The van der Waals surface area contributed by atoms with Crippen molar-refractivity contribution in [3.8, 4) is 0 Å². The van der Waals surface area contributed by atoms with Crippen molar-refractivity contribution in [3.63, 3.8) is 0 Å². The molecular formula is C16H18CuO4. The van der Waals surface area contributed by atoms with Crippen LogP contribution in [0, 0.1) is 10.8 Å². The Morgan fingerprint density at radius 1 is 0.810 bits per heavy atom. The molecule has 0 N–H and O–H groups in total. The molecule has 4 nitrogen and oxygen atoms in total. The van der Waals surface area contributed by atoms with E-state index >= 15 is 0 Å². The minimum absolute atomic E-state index is 0. The molecule has 21 heavy (non-hydrogen) atoms. The van der Waals surface area contributed by atoms with Gasteiger partial charge in [0.05, 0.1) is 11.9 Å². The Hall–Kier alpha value is -1.58. The SMILES string of the molecule is CC1(C(=O)[O-])C=CC=CC1.CC1(C(=O)[O-])C=CC=CC1.[Cu+2]. The van der Waals surface area contributed by atoms with Crippen molar-refractivity contribution < 1.29 is 36.9 Å². The number of carboxylic acids is 2. The first-order chi connectivity index (χ1) is 9.30. The zero-order chi connectivity index (χ0) is 15.2. The quantitative estimate of drug-likeness (QED) is 0.688. The summed E-state index contributed by atoms with van der Waals surface area (Å²) < 4.78 is 0. The van der Waals surface area contributed by atoms with Crippen LogP contribution in [0.15, 0.2) is 48.6 Å². The van der Waals surface area contributed by atoms with Crippen LogP contribution in [0.3, 0.4) is 0 Å². The molecule has 0 spiro atoms. The monoisotopic (exact) mass is 337 g/mol. The number of rotatable bonds is 2. The normalized spacial score (nSPS) is 29.0. The van der Waals surface area contributed by atoms with E-state index in [2.05, 4.69) is 0 Å². The number of carboxylic acid groups (broad SMARTS) is 2. The van der Waals surface area contributed by atoms with Crippen LogP contribution in [0.1, 0.15) is 26.7 Å². The van der Waals surface area contributed by atoms with E-state index in [9.17, 15) is 19.8 Å². The van der Waals surface area contributed by atoms with Gasteiger partial charge in [-0.1, -0.05) is 62.5 Å². The molecule has 2 unspecified atom stereocenters. The van der Waals surface area contributed by atoms with Crippen LogP contribution in [0.25, 0.3) is 0 Å². The van der Waals surface area contributed by atoms with Gasteiger partial charge in [-0.05, 0) is 12.8 Å². The molecule has 1 radical (unpaired) electrons. The average molecular weight is 338 g/mol. The number of carbonyl (C=O) groups excluding carboxylic acids is 2. The maximum absolute atomic E-state index is 10.5. The van der Waals surface area contributed by atoms with E-state index in [4.69, 9.17) is 0 Å². The minimum atomic E-state index is -1.01. The molecule has 5 heteroatoms. The van der Waals surface area contributed by atoms with Crippen molar-refractivity contribution in [2.45, 2.75) is 26.7 Å². The Kier molecular flexibility index (Phi) is 7.40. The predicted octanol–water partition coefficient (Wildman–Crippen LogP) is 0.515. The fraction of sp³-hybridized carbons (Fsp3) is 0.375. The maximum atomic E-state index is 10.5. The second-order valence-corrected chi connectivity index (χ2v) is 5.39. The van der Waals surface area contributed by atoms with E-state index in [0.717, 1.165) is 0 Å². The molecule has 0 aliphatic heterocycles. The molecule has 2 aliphatic rings. The minimum Gasteiger partial charge on any atom is -0.549 e. The Bertz CT molecular complexity index is 458. The number of aliphatic carboxylic acids is 2. The van der Waals surface area contributed by atoms with Gasteiger partial charge in [0.25, 0.3) is 0 Å². The predicted molar refractivity (Wildman–Crippen MR) is 72.0 cm³/mol. The fourth-order valence-corrected chi connectivity index (χ4v) is 1.76. The van der Waals surface area contributed by atoms with Crippen LogP contribution in [0.2, 0.25) is 0 Å². The molecule has 2 rings (SSSR count). The zero-order valence-corrected chi connectivity index (χ0v) is 12.9. The third-order valence-electron chi connectivity index (χ3n) is 3.44. The van der Waals surface area contributed by atoms with Gasteiger partial charge >= 0.3 is 17.1 Å². The molecule has 0 aromatic carbocycles. The topological polar surface area (TPSA) is 80.3 Å². The van der Waals surface area contributed by atoms with Gasteiger partial charge in [-0.2, -0.15) is 0 Å². The second-order valence-electron chi connectivity index (χ2n) is 5.39. The molecule has 0 saturated carbocycles. The van der Waals surface area contributed by atoms with Crippen LogP contribution < -0.4 is 10.2 Å². The van der Waals surface area contributed by atoms with Crippen molar-refractivity contribution in [2.24, 2.45) is 10.8 Å². The molecule has 0 aromatic rings. The van der Waals surface area contributed by atoms with Crippen molar-refractivity contribution in [3.05, 3.63) is 48.6 Å². The Balaban J connectivity index is 0.000000364. The van der Waals surface area contributed by atoms with Gasteiger partial charge in [0.15, 0.2) is 0 Å². The van der Waals surface area contributed by atoms with E-state index in [1.807, 2.05) is 24.3 Å². The number of carbonyl (C=O) groups is 2. The Morgan fingerprint density at radius 3 is 1.29 bits per heavy atom. The van der Waals surface area contributed by atoms with Crippen molar-refractivity contribution in [2.75, 3.05) is 0 Å². The van der Waals surface area contributed by atoms with Crippen molar-refractivity contribution >= 4 is 11.9 Å². The largest absolute Gasteiger partial charge is 2.00 e. The molecule has 0 bridgehead atoms. The van der Waals surface area contributed by atoms with Crippen LogP contribution in [0.5, 0.6) is 0 Å². The third kappa shape index (κ3) is 5.37. The van der Waals surface area contributed by atoms with E-state index in [-0.39, 0.29) is 17.1 Å². The standard InChI is InChI=1S/2C8H10O2.Cu/c2*1-8(7(9)10)5-3-2-4-6-8;/h2*2-5H,6H2,1H3,(H,9,10);/q;;+2/p-2. The molecular weight excluding hydrogens is 320 g/mol. The van der Waals surface area contributed by atoms with Gasteiger partial charge in [-0.25, -0.2) is 0 Å². The summed E-state index contributed by atoms with van der Waals surface area (Å²) in [5.41, 5.74) is -1.57. The number of hydrogen-bond donors (Lipinski definition) is 0. The second kappa shape index (κ2) is 8.01. The summed E-state index contributed by atoms with van der Waals surface area (Å²) in [7, 11) is 0. The molecule has 0 saturated heterocycles. The summed E-state index contributed by atoms with van der Waals surface area (Å²) in [6.45, 7) is 3.31. The summed E-state index contributed by atoms with van der Waals surface area (Å²) in [5.74, 6) is -2.01. The van der Waals surface area contributed by atoms with Gasteiger partial charge in [0.1, 0.15) is 0 Å². The Morgan fingerprint density at radius 2 is 1.14 bits per heavy atom. The van der Waals surface area contributed by atoms with Gasteiger partial charge in [0, 0.05) is 10.8 Å². The first kappa shape index (κ1) is 19.4. The molecule has 117 valence electrons. The molecule has 0 aromatic heterocycles. The summed E-state index contributed by atoms with van der Waals surface area (Å²) in [6, 6.07) is 0. The first-order valence-corrected chi connectivity index (χ1v) is 6.42. The average Bonchev–Trinajstić information content (AvgIpc) is 2.41. The molecule has 2 aliphatic carbocycles. The summed E-state index contributed by atoms with van der Waals surface area (Å²) in [4.78, 5) is 21.0.